The van der Waals surface area contributed by atoms with E-state index in [1.54, 1.807) is 10.6 Å². The molecule has 0 aliphatic carbocycles. The van der Waals surface area contributed by atoms with Crippen LogP contribution >= 0.6 is 0 Å². The number of hydrogen-bond acceptors (Lipinski definition) is 5. The molecule has 1 aromatic heterocycles. The lowest BCUT2D eigenvalue weighted by Crippen LogP contribution is -2.51. The molecule has 1 N–H and O–H groups in total. The van der Waals surface area contributed by atoms with E-state index in [1.165, 1.54) is 4.90 Å². The summed E-state index contributed by atoms with van der Waals surface area (Å²) in [7, 11) is 0. The average molecular weight is 505 g/mol. The molecule has 1 spiro atoms. The Hall–Kier alpha value is -4.10. The Morgan fingerprint density at radius 1 is 0.895 bits per heavy atom. The lowest BCUT2D eigenvalue weighted by molar-refractivity contribution is -0.123. The Morgan fingerprint density at radius 3 is 2.39 bits per heavy atom. The molecule has 3 aliphatic rings. The van der Waals surface area contributed by atoms with Crippen molar-refractivity contribution in [3.63, 3.8) is 0 Å². The molecule has 0 bridgehead atoms. The second-order valence-electron chi connectivity index (χ2n) is 11.1. The molecular formula is C31H28N4O3. The zero-order valence-corrected chi connectivity index (χ0v) is 21.7. The third-order valence-corrected chi connectivity index (χ3v) is 8.61. The summed E-state index contributed by atoms with van der Waals surface area (Å²) in [4.78, 5) is 48.9. The number of nitrogens with zero attached hydrogens (tertiary/aromatic N) is 3. The van der Waals surface area contributed by atoms with Crippen LogP contribution in [0.4, 0.5) is 5.69 Å². The van der Waals surface area contributed by atoms with Crippen LogP contribution in [0.15, 0.2) is 71.5 Å². The number of nitrogens with one attached hydrogen (secondary N) is 1. The van der Waals surface area contributed by atoms with Crippen LogP contribution in [-0.2, 0) is 15.1 Å². The number of amides is 2. The topological polar surface area (TPSA) is 84.3 Å². The summed E-state index contributed by atoms with van der Waals surface area (Å²) >= 11 is 0. The van der Waals surface area contributed by atoms with Crippen molar-refractivity contribution in [2.45, 2.75) is 39.3 Å². The van der Waals surface area contributed by atoms with Gasteiger partial charge in [0.25, 0.3) is 5.56 Å². The number of fused-ring (bicyclic) bond motifs is 8. The molecule has 38 heavy (non-hydrogen) atoms. The van der Waals surface area contributed by atoms with Crippen LogP contribution in [0.5, 0.6) is 0 Å². The molecule has 4 aromatic rings. The number of imide groups is 1. The van der Waals surface area contributed by atoms with Gasteiger partial charge in [0, 0.05) is 11.6 Å². The number of aryl methyl sites for hydroxylation is 2. The number of carbonyl (C=O) groups excluding carboxylic acids is 2. The van der Waals surface area contributed by atoms with E-state index in [0.29, 0.717) is 28.1 Å². The largest absolute Gasteiger partial charge is 0.296 e. The number of benzene rings is 3. The Balaban J connectivity index is 1.53. The van der Waals surface area contributed by atoms with Gasteiger partial charge in [-0.25, -0.2) is 9.88 Å². The molecule has 0 saturated carbocycles. The smallest absolute Gasteiger partial charge is 0.266 e. The highest BCUT2D eigenvalue weighted by atomic mass is 16.2. The average Bonchev–Trinajstić information content (AvgIpc) is 3.49. The summed E-state index contributed by atoms with van der Waals surface area (Å²) in [6.07, 6.45) is 0. The highest BCUT2D eigenvalue weighted by Crippen LogP contribution is 2.56. The van der Waals surface area contributed by atoms with Crippen LogP contribution in [0, 0.1) is 31.6 Å². The fourth-order valence-corrected chi connectivity index (χ4v) is 7.02. The van der Waals surface area contributed by atoms with Gasteiger partial charge in [0.2, 0.25) is 11.8 Å². The molecule has 4 heterocycles. The molecule has 0 unspecified atom stereocenters. The van der Waals surface area contributed by atoms with E-state index in [4.69, 9.17) is 4.98 Å². The van der Waals surface area contributed by atoms with E-state index < -0.39 is 17.4 Å². The van der Waals surface area contributed by atoms with Crippen molar-refractivity contribution in [2.75, 3.05) is 4.90 Å². The number of anilines is 1. The van der Waals surface area contributed by atoms with Gasteiger partial charge in [-0.1, -0.05) is 61.9 Å². The van der Waals surface area contributed by atoms with E-state index in [2.05, 4.69) is 19.2 Å². The van der Waals surface area contributed by atoms with Crippen LogP contribution in [0.25, 0.3) is 16.6 Å². The molecule has 3 aliphatic heterocycles. The molecule has 2 saturated heterocycles. The molecule has 190 valence electrons. The monoisotopic (exact) mass is 504 g/mol. The maximum absolute atomic E-state index is 14.5. The van der Waals surface area contributed by atoms with Gasteiger partial charge in [0.15, 0.2) is 0 Å². The van der Waals surface area contributed by atoms with Gasteiger partial charge in [-0.3, -0.25) is 24.3 Å². The first-order valence-electron chi connectivity index (χ1n) is 13.1. The Kier molecular flexibility index (Phi) is 4.68. The van der Waals surface area contributed by atoms with Gasteiger partial charge >= 0.3 is 0 Å². The van der Waals surface area contributed by atoms with E-state index in [0.717, 1.165) is 16.7 Å². The second-order valence-corrected chi connectivity index (χ2v) is 11.1. The van der Waals surface area contributed by atoms with E-state index >= 15 is 0 Å². The third-order valence-electron chi connectivity index (χ3n) is 8.61. The molecule has 3 aromatic carbocycles. The van der Waals surface area contributed by atoms with Gasteiger partial charge in [-0.2, -0.15) is 0 Å². The van der Waals surface area contributed by atoms with Crippen LogP contribution in [-0.4, -0.2) is 27.4 Å². The molecule has 2 fully saturated rings. The second kappa shape index (κ2) is 7.71. The lowest BCUT2D eigenvalue weighted by atomic mass is 9.75. The van der Waals surface area contributed by atoms with Gasteiger partial charge in [0.05, 0.1) is 34.1 Å². The number of aromatic nitrogens is 2. The van der Waals surface area contributed by atoms with Gasteiger partial charge in [-0.15, -0.1) is 0 Å². The predicted molar refractivity (Wildman–Crippen MR) is 145 cm³/mol. The summed E-state index contributed by atoms with van der Waals surface area (Å²) < 4.78 is 1.64. The van der Waals surface area contributed by atoms with E-state index in [1.807, 2.05) is 74.5 Å². The van der Waals surface area contributed by atoms with Crippen LogP contribution in [0.3, 0.4) is 0 Å². The molecular weight excluding hydrogens is 476 g/mol. The zero-order valence-electron chi connectivity index (χ0n) is 21.7. The first-order chi connectivity index (χ1) is 18.3. The molecule has 7 heteroatoms. The molecule has 0 radical (unpaired) electrons. The van der Waals surface area contributed by atoms with Gasteiger partial charge in [-0.05, 0) is 49.6 Å². The maximum Gasteiger partial charge on any atom is 0.266 e. The normalized spacial score (nSPS) is 25.5. The van der Waals surface area contributed by atoms with Gasteiger partial charge < -0.3 is 0 Å². The molecule has 4 atom stereocenters. The van der Waals surface area contributed by atoms with Crippen molar-refractivity contribution in [2.24, 2.45) is 17.8 Å². The standard InChI is InChI=1S/C31H28N4O3/c1-16(2)26-24-25(29(38)34(28(24)37)22-14-13-17(3)15-18(22)4)31(33-26)20-10-6-8-12-23(20)35-27(36)19-9-5-7-11-21(19)32-30(31)35/h5-16,24-26,33H,1-4H3/t24-,25-,26-,31-/m1/s1. The van der Waals surface area contributed by atoms with E-state index in [9.17, 15) is 14.4 Å². The number of rotatable bonds is 2. The first kappa shape index (κ1) is 23.0. The molecule has 7 rings (SSSR count). The summed E-state index contributed by atoms with van der Waals surface area (Å²) in [5, 5.41) is 4.26. The fourth-order valence-electron chi connectivity index (χ4n) is 7.02. The van der Waals surface area contributed by atoms with Gasteiger partial charge in [0.1, 0.15) is 11.4 Å². The van der Waals surface area contributed by atoms with Crippen molar-refractivity contribution in [3.05, 3.63) is 99.6 Å². The Morgan fingerprint density at radius 2 is 1.63 bits per heavy atom. The fraction of sp³-hybridized carbons (Fsp3) is 0.290. The quantitative estimate of drug-likeness (QED) is 0.418. The minimum absolute atomic E-state index is 0.0612. The number of para-hydroxylation sites is 2. The zero-order chi connectivity index (χ0) is 26.5. The van der Waals surface area contributed by atoms with Crippen LogP contribution < -0.4 is 15.8 Å². The van der Waals surface area contributed by atoms with Crippen LogP contribution in [0.2, 0.25) is 0 Å². The van der Waals surface area contributed by atoms with E-state index in [-0.39, 0.29) is 29.3 Å². The molecule has 7 nitrogen and oxygen atoms in total. The summed E-state index contributed by atoms with van der Waals surface area (Å²) in [5.74, 6) is -1.25. The third kappa shape index (κ3) is 2.72. The predicted octanol–water partition coefficient (Wildman–Crippen LogP) is 3.99. The van der Waals surface area contributed by atoms with Crippen molar-refractivity contribution >= 4 is 28.4 Å². The highest BCUT2D eigenvalue weighted by molar-refractivity contribution is 6.23. The number of hydrogen-bond donors (Lipinski definition) is 1. The van der Waals surface area contributed by atoms with Crippen molar-refractivity contribution in [3.8, 4) is 5.69 Å². The first-order valence-corrected chi connectivity index (χ1v) is 13.1. The SMILES string of the molecule is Cc1ccc(N2C(=O)[C@H]3[C@@H](C(C)C)N[C@]4(c5ccccc5-n5c4nc4ccccc4c5=O)[C@H]3C2=O)c(C)c1. The minimum Gasteiger partial charge on any atom is -0.296 e. The Bertz CT molecular complexity index is 1760. The molecule has 2 amide bonds. The highest BCUT2D eigenvalue weighted by Gasteiger charge is 2.70. The summed E-state index contributed by atoms with van der Waals surface area (Å²) in [6, 6.07) is 20.4. The van der Waals surface area contributed by atoms with Crippen molar-refractivity contribution in [1.82, 2.24) is 14.9 Å². The van der Waals surface area contributed by atoms with Crippen molar-refractivity contribution in [1.29, 1.82) is 0 Å². The maximum atomic E-state index is 14.5. The lowest BCUT2D eigenvalue weighted by Gasteiger charge is -2.32. The minimum atomic E-state index is -1.11. The summed E-state index contributed by atoms with van der Waals surface area (Å²) in [6.45, 7) is 8.05. The van der Waals surface area contributed by atoms with Crippen molar-refractivity contribution < 1.29 is 9.59 Å². The van der Waals surface area contributed by atoms with Crippen LogP contribution in [0.1, 0.15) is 36.4 Å². The Labute approximate surface area is 220 Å². The number of carbonyl (C=O) groups is 2. The summed E-state index contributed by atoms with van der Waals surface area (Å²) in [5.41, 5.74) is 3.36.